The minimum Gasteiger partial charge on any atom is -0.492 e. The third kappa shape index (κ3) is 5.22. The number of nitrogens with two attached hydrogens (primary N) is 1. The highest BCUT2D eigenvalue weighted by Crippen LogP contribution is 2.49. The summed E-state index contributed by atoms with van der Waals surface area (Å²) in [5.74, 6) is -0.689. The van der Waals surface area contributed by atoms with Crippen molar-refractivity contribution in [2.24, 2.45) is 0 Å². The lowest BCUT2D eigenvalue weighted by molar-refractivity contribution is -0.145. The monoisotopic (exact) mass is 481 g/mol. The molecule has 0 aliphatic carbocycles. The van der Waals surface area contributed by atoms with Crippen molar-refractivity contribution in [2.75, 3.05) is 18.9 Å². The summed E-state index contributed by atoms with van der Waals surface area (Å²) in [6.07, 6.45) is 0.456. The largest absolute Gasteiger partial charge is 0.492 e. The van der Waals surface area contributed by atoms with E-state index in [-0.39, 0.29) is 45.4 Å². The van der Waals surface area contributed by atoms with Crippen LogP contribution in [0.3, 0.4) is 0 Å². The van der Waals surface area contributed by atoms with E-state index in [9.17, 15) is 9.59 Å². The molecule has 172 valence electrons. The molecule has 0 bridgehead atoms. The normalized spacial score (nSPS) is 15.4. The van der Waals surface area contributed by atoms with Crippen LogP contribution in [0.2, 0.25) is 10.0 Å². The predicted octanol–water partition coefficient (Wildman–Crippen LogP) is 5.75. The third-order valence-corrected chi connectivity index (χ3v) is 5.24. The molecule has 1 unspecified atom stereocenters. The van der Waals surface area contributed by atoms with Gasteiger partial charge in [0.05, 0.1) is 35.4 Å². The highest BCUT2D eigenvalue weighted by atomic mass is 35.5. The molecule has 0 saturated heterocycles. The Hall–Kier alpha value is -2.64. The third-order valence-electron chi connectivity index (χ3n) is 4.62. The summed E-state index contributed by atoms with van der Waals surface area (Å²) < 4.78 is 22.1. The highest BCUT2D eigenvalue weighted by molar-refractivity contribution is 6.38. The van der Waals surface area contributed by atoms with Crippen molar-refractivity contribution in [1.29, 1.82) is 0 Å². The maximum absolute atomic E-state index is 12.3. The molecule has 2 aromatic carbocycles. The smallest absolute Gasteiger partial charge is 0.338 e. The van der Waals surface area contributed by atoms with Gasteiger partial charge in [-0.3, -0.25) is 4.79 Å². The number of carbonyl (C=O) groups is 2. The van der Waals surface area contributed by atoms with Gasteiger partial charge in [-0.05, 0) is 58.4 Å². The Morgan fingerprint density at radius 1 is 1.22 bits per heavy atom. The van der Waals surface area contributed by atoms with Gasteiger partial charge in [-0.25, -0.2) is 4.79 Å². The van der Waals surface area contributed by atoms with Gasteiger partial charge in [0.15, 0.2) is 11.5 Å². The fraction of sp³-hybridized carbons (Fsp3) is 0.391. The molecular weight excluding hydrogens is 457 g/mol. The van der Waals surface area contributed by atoms with Crippen LogP contribution < -0.4 is 15.2 Å². The quantitative estimate of drug-likeness (QED) is 0.428. The maximum Gasteiger partial charge on any atom is 0.338 e. The van der Waals surface area contributed by atoms with E-state index in [0.29, 0.717) is 24.3 Å². The van der Waals surface area contributed by atoms with E-state index in [4.69, 9.17) is 47.9 Å². The van der Waals surface area contributed by atoms with Crippen LogP contribution in [0.5, 0.6) is 17.2 Å². The molecule has 32 heavy (non-hydrogen) atoms. The zero-order chi connectivity index (χ0) is 23.6. The van der Waals surface area contributed by atoms with E-state index in [1.807, 2.05) is 0 Å². The van der Waals surface area contributed by atoms with Gasteiger partial charge in [0, 0.05) is 5.56 Å². The standard InChI is InChI=1S/C23H25Cl2NO6/c1-5-29-22(28)13-8-9-30-19-14(13)11-15(24)20(18(19)25)31-17-7-6-12(10-16(17)26)21(27)32-23(2,3)4/h6-7,10-11,13H,5,8-9,26H2,1-4H3. The van der Waals surface area contributed by atoms with Crippen LogP contribution in [0, 0.1) is 0 Å². The summed E-state index contributed by atoms with van der Waals surface area (Å²) in [6.45, 7) is 7.64. The first-order chi connectivity index (χ1) is 15.0. The van der Waals surface area contributed by atoms with E-state index in [1.165, 1.54) is 18.2 Å². The summed E-state index contributed by atoms with van der Waals surface area (Å²) in [5.41, 5.74) is 6.49. The molecule has 2 N–H and O–H groups in total. The number of benzene rings is 2. The molecule has 7 nitrogen and oxygen atoms in total. The minimum atomic E-state index is -0.632. The van der Waals surface area contributed by atoms with Crippen molar-refractivity contribution in [3.63, 3.8) is 0 Å². The molecule has 0 radical (unpaired) electrons. The van der Waals surface area contributed by atoms with Crippen molar-refractivity contribution in [3.8, 4) is 17.2 Å². The highest BCUT2D eigenvalue weighted by Gasteiger charge is 2.33. The van der Waals surface area contributed by atoms with Crippen LogP contribution in [0.1, 0.15) is 56.0 Å². The zero-order valence-electron chi connectivity index (χ0n) is 18.3. The van der Waals surface area contributed by atoms with Crippen LogP contribution in [0.4, 0.5) is 5.69 Å². The summed E-state index contributed by atoms with van der Waals surface area (Å²) in [5, 5.41) is 0.307. The lowest BCUT2D eigenvalue weighted by atomic mass is 9.93. The average Bonchev–Trinajstić information content (AvgIpc) is 2.70. The fourth-order valence-corrected chi connectivity index (χ4v) is 3.84. The average molecular weight is 482 g/mol. The zero-order valence-corrected chi connectivity index (χ0v) is 19.8. The Labute approximate surface area is 196 Å². The summed E-state index contributed by atoms with van der Waals surface area (Å²) in [7, 11) is 0. The molecule has 0 saturated carbocycles. The van der Waals surface area contributed by atoms with Gasteiger partial charge in [0.25, 0.3) is 0 Å². The molecule has 0 fully saturated rings. The molecule has 3 rings (SSSR count). The lowest BCUT2D eigenvalue weighted by Gasteiger charge is -2.26. The van der Waals surface area contributed by atoms with Crippen LogP contribution >= 0.6 is 23.2 Å². The fourth-order valence-electron chi connectivity index (χ4n) is 3.24. The first-order valence-electron chi connectivity index (χ1n) is 10.1. The van der Waals surface area contributed by atoms with E-state index < -0.39 is 17.5 Å². The number of carbonyl (C=O) groups excluding carboxylic acids is 2. The van der Waals surface area contributed by atoms with E-state index in [1.54, 1.807) is 33.8 Å². The van der Waals surface area contributed by atoms with E-state index in [0.717, 1.165) is 0 Å². The Balaban J connectivity index is 1.90. The van der Waals surface area contributed by atoms with Gasteiger partial charge >= 0.3 is 11.9 Å². The number of esters is 2. The number of hydrogen-bond donors (Lipinski definition) is 1. The van der Waals surface area contributed by atoms with Crippen molar-refractivity contribution < 1.29 is 28.5 Å². The van der Waals surface area contributed by atoms with Gasteiger partial charge in [0.1, 0.15) is 16.4 Å². The van der Waals surface area contributed by atoms with Crippen molar-refractivity contribution in [1.82, 2.24) is 0 Å². The predicted molar refractivity (Wildman–Crippen MR) is 122 cm³/mol. The lowest BCUT2D eigenvalue weighted by Crippen LogP contribution is -2.24. The van der Waals surface area contributed by atoms with Gasteiger partial charge in [-0.2, -0.15) is 0 Å². The van der Waals surface area contributed by atoms with Gasteiger partial charge in [-0.15, -0.1) is 0 Å². The van der Waals surface area contributed by atoms with Crippen LogP contribution in [-0.2, 0) is 14.3 Å². The molecule has 2 aromatic rings. The second kappa shape index (κ2) is 9.46. The molecule has 1 aliphatic rings. The molecule has 1 atom stereocenters. The number of ether oxygens (including phenoxy) is 4. The molecule has 0 amide bonds. The molecule has 1 heterocycles. The van der Waals surface area contributed by atoms with Crippen molar-refractivity contribution in [3.05, 3.63) is 45.4 Å². The van der Waals surface area contributed by atoms with Gasteiger partial charge in [0.2, 0.25) is 0 Å². The number of anilines is 1. The Morgan fingerprint density at radius 3 is 2.56 bits per heavy atom. The molecule has 9 heteroatoms. The topological polar surface area (TPSA) is 97.1 Å². The Morgan fingerprint density at radius 2 is 1.94 bits per heavy atom. The number of halogens is 2. The SMILES string of the molecule is CCOC(=O)C1CCOc2c1cc(Cl)c(Oc1ccc(C(=O)OC(C)(C)C)cc1N)c2Cl. The summed E-state index contributed by atoms with van der Waals surface area (Å²) in [6, 6.07) is 6.11. The van der Waals surface area contributed by atoms with Crippen molar-refractivity contribution >= 4 is 40.8 Å². The number of nitrogen functional groups attached to an aromatic ring is 1. The van der Waals surface area contributed by atoms with Gasteiger partial charge in [-0.1, -0.05) is 23.2 Å². The Bertz CT molecular complexity index is 1050. The van der Waals surface area contributed by atoms with Crippen LogP contribution in [0.25, 0.3) is 0 Å². The first kappa shape index (κ1) is 24.0. The number of hydrogen-bond acceptors (Lipinski definition) is 7. The van der Waals surface area contributed by atoms with E-state index in [2.05, 4.69) is 0 Å². The minimum absolute atomic E-state index is 0.122. The molecular formula is C23H25Cl2NO6. The van der Waals surface area contributed by atoms with Crippen LogP contribution in [0.15, 0.2) is 24.3 Å². The maximum atomic E-state index is 12.3. The Kier molecular flexibility index (Phi) is 7.10. The van der Waals surface area contributed by atoms with Crippen molar-refractivity contribution in [2.45, 2.75) is 45.6 Å². The number of rotatable bonds is 5. The molecule has 0 aromatic heterocycles. The first-order valence-corrected chi connectivity index (χ1v) is 10.9. The van der Waals surface area contributed by atoms with E-state index >= 15 is 0 Å². The summed E-state index contributed by atoms with van der Waals surface area (Å²) >= 11 is 13.0. The van der Waals surface area contributed by atoms with Crippen LogP contribution in [-0.4, -0.2) is 30.8 Å². The molecule has 1 aliphatic heterocycles. The second-order valence-corrected chi connectivity index (χ2v) is 9.00. The number of fused-ring (bicyclic) bond motifs is 1. The second-order valence-electron chi connectivity index (χ2n) is 8.22. The summed E-state index contributed by atoms with van der Waals surface area (Å²) in [4.78, 5) is 24.6. The molecule has 0 spiro atoms. The van der Waals surface area contributed by atoms with Gasteiger partial charge < -0.3 is 24.7 Å².